The second-order valence-electron chi connectivity index (χ2n) is 3.91. The van der Waals surface area contributed by atoms with E-state index in [1.54, 1.807) is 0 Å². The number of nitrogens with zero attached hydrogens (tertiary/aromatic N) is 1. The highest BCUT2D eigenvalue weighted by molar-refractivity contribution is 7.99. The summed E-state index contributed by atoms with van der Waals surface area (Å²) < 4.78 is 5.56. The van der Waals surface area contributed by atoms with Crippen LogP contribution in [0.25, 0.3) is 0 Å². The number of thioether (sulfide) groups is 1. The fraction of sp³-hybridized carbons (Fsp3) is 1.00. The van der Waals surface area contributed by atoms with Gasteiger partial charge in [0.25, 0.3) is 0 Å². The van der Waals surface area contributed by atoms with Gasteiger partial charge in [0.05, 0.1) is 6.10 Å². The van der Waals surface area contributed by atoms with Crippen LogP contribution in [0.3, 0.4) is 0 Å². The third kappa shape index (κ3) is 5.76. The van der Waals surface area contributed by atoms with Crippen LogP contribution >= 0.6 is 11.8 Å². The van der Waals surface area contributed by atoms with Crippen molar-refractivity contribution in [3.8, 4) is 0 Å². The van der Waals surface area contributed by atoms with Gasteiger partial charge in [-0.2, -0.15) is 11.8 Å². The molecular weight excluding hydrogens is 208 g/mol. The average molecular weight is 232 g/mol. The fourth-order valence-electron chi connectivity index (χ4n) is 1.85. The number of hydrogen-bond acceptors (Lipinski definition) is 4. The van der Waals surface area contributed by atoms with Gasteiger partial charge < -0.3 is 15.4 Å². The van der Waals surface area contributed by atoms with E-state index in [-0.39, 0.29) is 6.10 Å². The van der Waals surface area contributed by atoms with Gasteiger partial charge in [-0.3, -0.25) is 0 Å². The Morgan fingerprint density at radius 1 is 1.40 bits per heavy atom. The molecule has 0 aromatic carbocycles. The molecule has 1 unspecified atom stereocenters. The normalized spacial score (nSPS) is 21.2. The Balaban J connectivity index is 2.15. The van der Waals surface area contributed by atoms with Crippen LogP contribution in [0.1, 0.15) is 19.8 Å². The van der Waals surface area contributed by atoms with Gasteiger partial charge in [0.1, 0.15) is 0 Å². The lowest BCUT2D eigenvalue weighted by atomic mass is 10.2. The van der Waals surface area contributed by atoms with Gasteiger partial charge in [0.2, 0.25) is 0 Å². The standard InChI is InChI=1S/C11H24N2OS/c1-2-14-11(10-12)4-6-13-5-3-8-15-9-7-13/h11H,2-10,12H2,1H3. The molecule has 0 radical (unpaired) electrons. The maximum atomic E-state index is 5.66. The summed E-state index contributed by atoms with van der Waals surface area (Å²) in [6.45, 7) is 7.08. The molecule has 1 rings (SSSR count). The molecule has 0 saturated carbocycles. The topological polar surface area (TPSA) is 38.5 Å². The molecule has 3 nitrogen and oxygen atoms in total. The van der Waals surface area contributed by atoms with Crippen LogP contribution in [0.15, 0.2) is 0 Å². The van der Waals surface area contributed by atoms with Crippen molar-refractivity contribution in [2.45, 2.75) is 25.9 Å². The molecule has 4 heteroatoms. The van der Waals surface area contributed by atoms with Gasteiger partial charge in [0.15, 0.2) is 0 Å². The molecule has 1 saturated heterocycles. The minimum absolute atomic E-state index is 0.255. The first-order valence-electron chi connectivity index (χ1n) is 5.98. The third-order valence-corrected chi connectivity index (χ3v) is 3.80. The summed E-state index contributed by atoms with van der Waals surface area (Å²) in [7, 11) is 0. The SMILES string of the molecule is CCOC(CN)CCN1CCCSCC1. The van der Waals surface area contributed by atoms with Crippen LogP contribution in [0.5, 0.6) is 0 Å². The molecule has 1 atom stereocenters. The predicted molar refractivity (Wildman–Crippen MR) is 67.5 cm³/mol. The summed E-state index contributed by atoms with van der Waals surface area (Å²) >= 11 is 2.07. The Labute approximate surface area is 97.7 Å². The zero-order chi connectivity index (χ0) is 10.9. The summed E-state index contributed by atoms with van der Waals surface area (Å²) in [6, 6.07) is 0. The van der Waals surface area contributed by atoms with E-state index in [2.05, 4.69) is 16.7 Å². The molecule has 1 fully saturated rings. The number of nitrogens with two attached hydrogens (primary N) is 1. The molecular formula is C11H24N2OS. The van der Waals surface area contributed by atoms with Crippen molar-refractivity contribution in [2.24, 2.45) is 5.73 Å². The van der Waals surface area contributed by atoms with E-state index in [0.29, 0.717) is 6.54 Å². The Morgan fingerprint density at radius 2 is 2.27 bits per heavy atom. The third-order valence-electron chi connectivity index (χ3n) is 2.75. The van der Waals surface area contributed by atoms with E-state index in [0.717, 1.165) is 19.6 Å². The summed E-state index contributed by atoms with van der Waals surface area (Å²) in [6.07, 6.45) is 2.66. The first-order valence-corrected chi connectivity index (χ1v) is 7.14. The largest absolute Gasteiger partial charge is 0.377 e. The lowest BCUT2D eigenvalue weighted by Crippen LogP contribution is -2.33. The summed E-state index contributed by atoms with van der Waals surface area (Å²) in [4.78, 5) is 2.54. The molecule has 15 heavy (non-hydrogen) atoms. The Kier molecular flexibility index (Phi) is 7.44. The van der Waals surface area contributed by atoms with Gasteiger partial charge in [0, 0.05) is 32.0 Å². The molecule has 1 heterocycles. The second-order valence-corrected chi connectivity index (χ2v) is 5.13. The Hall–Kier alpha value is 0.230. The zero-order valence-corrected chi connectivity index (χ0v) is 10.6. The van der Waals surface area contributed by atoms with Crippen molar-refractivity contribution < 1.29 is 4.74 Å². The molecule has 1 aliphatic heterocycles. The quantitative estimate of drug-likeness (QED) is 0.746. The van der Waals surface area contributed by atoms with E-state index in [1.807, 2.05) is 6.92 Å². The number of hydrogen-bond donors (Lipinski definition) is 1. The van der Waals surface area contributed by atoms with Crippen molar-refractivity contribution in [3.05, 3.63) is 0 Å². The van der Waals surface area contributed by atoms with E-state index >= 15 is 0 Å². The highest BCUT2D eigenvalue weighted by Gasteiger charge is 2.12. The second kappa shape index (κ2) is 8.39. The number of ether oxygens (including phenoxy) is 1. The molecule has 0 spiro atoms. The van der Waals surface area contributed by atoms with Crippen LogP contribution in [0, 0.1) is 0 Å². The van der Waals surface area contributed by atoms with Gasteiger partial charge in [-0.15, -0.1) is 0 Å². The maximum absolute atomic E-state index is 5.66. The molecule has 0 aliphatic carbocycles. The minimum Gasteiger partial charge on any atom is -0.377 e. The van der Waals surface area contributed by atoms with Gasteiger partial charge >= 0.3 is 0 Å². The zero-order valence-electron chi connectivity index (χ0n) is 9.78. The summed E-state index contributed by atoms with van der Waals surface area (Å²) in [5.74, 6) is 2.60. The number of rotatable bonds is 6. The van der Waals surface area contributed by atoms with Gasteiger partial charge in [-0.25, -0.2) is 0 Å². The van der Waals surface area contributed by atoms with Crippen molar-refractivity contribution >= 4 is 11.8 Å². The van der Waals surface area contributed by atoms with Crippen LogP contribution in [0.2, 0.25) is 0 Å². The van der Waals surface area contributed by atoms with E-state index in [9.17, 15) is 0 Å². The van der Waals surface area contributed by atoms with E-state index < -0.39 is 0 Å². The minimum atomic E-state index is 0.255. The van der Waals surface area contributed by atoms with Crippen LogP contribution in [0.4, 0.5) is 0 Å². The molecule has 0 amide bonds. The highest BCUT2D eigenvalue weighted by Crippen LogP contribution is 2.10. The van der Waals surface area contributed by atoms with E-state index in [1.165, 1.54) is 31.0 Å². The highest BCUT2D eigenvalue weighted by atomic mass is 32.2. The molecule has 90 valence electrons. The molecule has 0 bridgehead atoms. The Bertz CT molecular complexity index is 150. The lowest BCUT2D eigenvalue weighted by Gasteiger charge is -2.22. The van der Waals surface area contributed by atoms with E-state index in [4.69, 9.17) is 10.5 Å². The Morgan fingerprint density at radius 3 is 3.00 bits per heavy atom. The van der Waals surface area contributed by atoms with Gasteiger partial charge in [-0.05, 0) is 32.1 Å². The van der Waals surface area contributed by atoms with Crippen LogP contribution in [-0.4, -0.2) is 55.3 Å². The summed E-state index contributed by atoms with van der Waals surface area (Å²) in [5.41, 5.74) is 5.66. The fourth-order valence-corrected chi connectivity index (χ4v) is 2.78. The summed E-state index contributed by atoms with van der Waals surface area (Å²) in [5, 5.41) is 0. The first kappa shape index (κ1) is 13.3. The smallest absolute Gasteiger partial charge is 0.0709 e. The molecule has 1 aliphatic rings. The maximum Gasteiger partial charge on any atom is 0.0709 e. The predicted octanol–water partition coefficient (Wildman–Crippen LogP) is 1.18. The van der Waals surface area contributed by atoms with Gasteiger partial charge in [-0.1, -0.05) is 0 Å². The average Bonchev–Trinajstić information content (AvgIpc) is 2.52. The molecule has 2 N–H and O–H groups in total. The van der Waals surface area contributed by atoms with Crippen molar-refractivity contribution in [2.75, 3.05) is 44.3 Å². The lowest BCUT2D eigenvalue weighted by molar-refractivity contribution is 0.0550. The van der Waals surface area contributed by atoms with Crippen LogP contribution < -0.4 is 5.73 Å². The first-order chi connectivity index (χ1) is 7.36. The monoisotopic (exact) mass is 232 g/mol. The molecule has 0 aromatic rings. The van der Waals surface area contributed by atoms with Crippen molar-refractivity contribution in [1.29, 1.82) is 0 Å². The molecule has 0 aromatic heterocycles. The van der Waals surface area contributed by atoms with Crippen LogP contribution in [-0.2, 0) is 4.74 Å². The van der Waals surface area contributed by atoms with Crippen molar-refractivity contribution in [3.63, 3.8) is 0 Å². The van der Waals surface area contributed by atoms with Crippen molar-refractivity contribution in [1.82, 2.24) is 4.90 Å².